The highest BCUT2D eigenvalue weighted by molar-refractivity contribution is 6.30. The van der Waals surface area contributed by atoms with Crippen LogP contribution in [0.5, 0.6) is 5.75 Å². The number of aromatic nitrogens is 5. The number of aryl methyl sites for hydroxylation is 1. The Balaban J connectivity index is 1.34. The van der Waals surface area contributed by atoms with Gasteiger partial charge in [0.15, 0.2) is 12.4 Å². The SMILES string of the molecule is Cc1ccccc1Cn1cnc(NC(=O)c2ccn(COc3ccc(Cl)cc3)n2)n1. The summed E-state index contributed by atoms with van der Waals surface area (Å²) in [5.41, 5.74) is 2.55. The maximum Gasteiger partial charge on any atom is 0.278 e. The summed E-state index contributed by atoms with van der Waals surface area (Å²) in [6, 6.07) is 16.7. The summed E-state index contributed by atoms with van der Waals surface area (Å²) in [5, 5.41) is 11.8. The van der Waals surface area contributed by atoms with Gasteiger partial charge in [0, 0.05) is 11.2 Å². The fourth-order valence-corrected chi connectivity index (χ4v) is 2.91. The molecule has 2 aromatic heterocycles. The van der Waals surface area contributed by atoms with E-state index in [1.165, 1.54) is 10.2 Å². The molecule has 0 saturated heterocycles. The molecule has 8 nitrogen and oxygen atoms in total. The van der Waals surface area contributed by atoms with Crippen LogP contribution in [-0.4, -0.2) is 30.5 Å². The number of hydrogen-bond donors (Lipinski definition) is 1. The van der Waals surface area contributed by atoms with E-state index in [9.17, 15) is 4.79 Å². The van der Waals surface area contributed by atoms with Crippen LogP contribution < -0.4 is 10.1 Å². The predicted octanol–water partition coefficient (Wildman–Crippen LogP) is 3.77. The largest absolute Gasteiger partial charge is 0.471 e. The lowest BCUT2D eigenvalue weighted by Crippen LogP contribution is -2.15. The van der Waals surface area contributed by atoms with E-state index in [0.29, 0.717) is 17.3 Å². The average Bonchev–Trinajstić information content (AvgIpc) is 3.39. The minimum Gasteiger partial charge on any atom is -0.471 e. The molecule has 0 aliphatic rings. The van der Waals surface area contributed by atoms with Gasteiger partial charge in [0.1, 0.15) is 12.1 Å². The number of nitrogens with one attached hydrogen (secondary N) is 1. The Labute approximate surface area is 178 Å². The minimum absolute atomic E-state index is 0.165. The Morgan fingerprint density at radius 1 is 1.07 bits per heavy atom. The van der Waals surface area contributed by atoms with Crippen molar-refractivity contribution in [1.29, 1.82) is 0 Å². The molecule has 0 spiro atoms. The van der Waals surface area contributed by atoms with E-state index >= 15 is 0 Å². The van der Waals surface area contributed by atoms with Crippen molar-refractivity contribution < 1.29 is 9.53 Å². The molecule has 9 heteroatoms. The second-order valence-electron chi connectivity index (χ2n) is 6.61. The van der Waals surface area contributed by atoms with Gasteiger partial charge in [0.25, 0.3) is 5.91 Å². The second-order valence-corrected chi connectivity index (χ2v) is 7.05. The number of amides is 1. The molecule has 0 saturated carbocycles. The van der Waals surface area contributed by atoms with Crippen molar-refractivity contribution in [1.82, 2.24) is 24.5 Å². The van der Waals surface area contributed by atoms with Gasteiger partial charge in [0.2, 0.25) is 5.95 Å². The first-order valence-electron chi connectivity index (χ1n) is 9.24. The Morgan fingerprint density at radius 3 is 2.67 bits per heavy atom. The number of halogens is 1. The van der Waals surface area contributed by atoms with E-state index < -0.39 is 5.91 Å². The van der Waals surface area contributed by atoms with Crippen LogP contribution in [0.3, 0.4) is 0 Å². The molecule has 1 N–H and O–H groups in total. The molecule has 0 atom stereocenters. The number of nitrogens with zero attached hydrogens (tertiary/aromatic N) is 5. The molecule has 0 fully saturated rings. The molecule has 2 heterocycles. The molecule has 4 aromatic rings. The number of carbonyl (C=O) groups is 1. The third-order valence-electron chi connectivity index (χ3n) is 4.41. The first-order chi connectivity index (χ1) is 14.6. The van der Waals surface area contributed by atoms with Crippen molar-refractivity contribution in [3.63, 3.8) is 0 Å². The topological polar surface area (TPSA) is 86.9 Å². The molecule has 1 amide bonds. The van der Waals surface area contributed by atoms with Gasteiger partial charge in [0.05, 0.1) is 6.54 Å². The van der Waals surface area contributed by atoms with Crippen LogP contribution in [0, 0.1) is 6.92 Å². The molecule has 0 aliphatic heterocycles. The Kier molecular flexibility index (Phi) is 5.76. The normalized spacial score (nSPS) is 10.7. The van der Waals surface area contributed by atoms with E-state index in [1.54, 1.807) is 47.5 Å². The number of hydrogen-bond acceptors (Lipinski definition) is 5. The smallest absolute Gasteiger partial charge is 0.278 e. The van der Waals surface area contributed by atoms with Crippen molar-refractivity contribution in [3.8, 4) is 5.75 Å². The van der Waals surface area contributed by atoms with Crippen LogP contribution >= 0.6 is 11.6 Å². The summed E-state index contributed by atoms with van der Waals surface area (Å²) in [6.45, 7) is 2.78. The molecule has 4 rings (SSSR count). The van der Waals surface area contributed by atoms with Crippen molar-refractivity contribution in [3.05, 3.63) is 89.0 Å². The van der Waals surface area contributed by atoms with Gasteiger partial charge in [-0.3, -0.25) is 10.1 Å². The average molecular weight is 423 g/mol. The molecule has 0 radical (unpaired) electrons. The van der Waals surface area contributed by atoms with Crippen LogP contribution in [-0.2, 0) is 13.3 Å². The first-order valence-corrected chi connectivity index (χ1v) is 9.62. The number of anilines is 1. The quantitative estimate of drug-likeness (QED) is 0.490. The summed E-state index contributed by atoms with van der Waals surface area (Å²) in [6.07, 6.45) is 3.25. The van der Waals surface area contributed by atoms with E-state index in [0.717, 1.165) is 5.56 Å². The van der Waals surface area contributed by atoms with Gasteiger partial charge in [-0.25, -0.2) is 14.3 Å². The predicted molar refractivity (Wildman–Crippen MR) is 113 cm³/mol. The van der Waals surface area contributed by atoms with E-state index in [-0.39, 0.29) is 18.4 Å². The molecule has 30 heavy (non-hydrogen) atoms. The molecule has 152 valence electrons. The molecule has 0 aliphatic carbocycles. The zero-order valence-corrected chi connectivity index (χ0v) is 17.0. The second kappa shape index (κ2) is 8.79. The van der Waals surface area contributed by atoms with Gasteiger partial charge < -0.3 is 4.74 Å². The minimum atomic E-state index is -0.395. The molecule has 0 unspecified atom stereocenters. The van der Waals surface area contributed by atoms with Crippen LogP contribution in [0.2, 0.25) is 5.02 Å². The summed E-state index contributed by atoms with van der Waals surface area (Å²) >= 11 is 5.85. The monoisotopic (exact) mass is 422 g/mol. The molecule has 2 aromatic carbocycles. The van der Waals surface area contributed by atoms with Crippen molar-refractivity contribution >= 4 is 23.5 Å². The first kappa shape index (κ1) is 19.7. The van der Waals surface area contributed by atoms with Crippen LogP contribution in [0.1, 0.15) is 21.6 Å². The van der Waals surface area contributed by atoms with Crippen molar-refractivity contribution in [2.24, 2.45) is 0 Å². The lowest BCUT2D eigenvalue weighted by molar-refractivity contribution is 0.101. The summed E-state index contributed by atoms with van der Waals surface area (Å²) in [5.74, 6) is 0.485. The fourth-order valence-electron chi connectivity index (χ4n) is 2.78. The fraction of sp³-hybridized carbons (Fsp3) is 0.143. The summed E-state index contributed by atoms with van der Waals surface area (Å²) in [7, 11) is 0. The number of ether oxygens (including phenoxy) is 1. The number of carbonyl (C=O) groups excluding carboxylic acids is 1. The highest BCUT2D eigenvalue weighted by Crippen LogP contribution is 2.16. The van der Waals surface area contributed by atoms with Gasteiger partial charge in [-0.15, -0.1) is 5.10 Å². The van der Waals surface area contributed by atoms with Gasteiger partial charge in [-0.2, -0.15) is 5.10 Å². The van der Waals surface area contributed by atoms with Crippen molar-refractivity contribution in [2.75, 3.05) is 5.32 Å². The maximum atomic E-state index is 12.4. The van der Waals surface area contributed by atoms with Crippen LogP contribution in [0.25, 0.3) is 0 Å². The molecule has 0 bridgehead atoms. The summed E-state index contributed by atoms with van der Waals surface area (Å²) < 4.78 is 8.81. The third-order valence-corrected chi connectivity index (χ3v) is 4.66. The standard InChI is InChI=1S/C21H19ClN6O2/c1-15-4-2-3-5-16(15)12-28-13-23-21(26-28)24-20(29)19-10-11-27(25-19)14-30-18-8-6-17(22)7-9-18/h2-11,13H,12,14H2,1H3,(H,24,26,29). The van der Waals surface area contributed by atoms with Gasteiger partial charge >= 0.3 is 0 Å². The van der Waals surface area contributed by atoms with E-state index in [4.69, 9.17) is 16.3 Å². The van der Waals surface area contributed by atoms with E-state index in [1.807, 2.05) is 31.2 Å². The highest BCUT2D eigenvalue weighted by atomic mass is 35.5. The van der Waals surface area contributed by atoms with E-state index in [2.05, 4.69) is 20.5 Å². The van der Waals surface area contributed by atoms with Gasteiger partial charge in [-0.1, -0.05) is 35.9 Å². The van der Waals surface area contributed by atoms with Crippen LogP contribution in [0.4, 0.5) is 5.95 Å². The lowest BCUT2D eigenvalue weighted by Gasteiger charge is -2.06. The Hall–Kier alpha value is -3.65. The zero-order valence-electron chi connectivity index (χ0n) is 16.2. The Bertz CT molecular complexity index is 1150. The number of benzene rings is 2. The number of rotatable bonds is 7. The van der Waals surface area contributed by atoms with Crippen LogP contribution in [0.15, 0.2) is 67.1 Å². The summed E-state index contributed by atoms with van der Waals surface area (Å²) in [4.78, 5) is 16.6. The third kappa shape index (κ3) is 4.84. The Morgan fingerprint density at radius 2 is 1.87 bits per heavy atom. The molecular formula is C21H19ClN6O2. The maximum absolute atomic E-state index is 12.4. The van der Waals surface area contributed by atoms with Crippen molar-refractivity contribution in [2.45, 2.75) is 20.2 Å². The highest BCUT2D eigenvalue weighted by Gasteiger charge is 2.13. The van der Waals surface area contributed by atoms with Gasteiger partial charge in [-0.05, 0) is 48.4 Å². The lowest BCUT2D eigenvalue weighted by atomic mass is 10.1. The zero-order chi connectivity index (χ0) is 20.9. The molecular weight excluding hydrogens is 404 g/mol.